The monoisotopic (exact) mass is 1090 g/mol. The fraction of sp³-hybridized carbons (Fsp3) is 0.474. The lowest BCUT2D eigenvalue weighted by atomic mass is 9.80. The predicted molar refractivity (Wildman–Crippen MR) is 333 cm³/mol. The van der Waals surface area contributed by atoms with Gasteiger partial charge in [-0.2, -0.15) is 11.8 Å². The lowest BCUT2D eigenvalue weighted by Crippen LogP contribution is -2.27. The Balaban J connectivity index is -0.000000252. The molecular formula is C57H100B5NO13S. The van der Waals surface area contributed by atoms with E-state index in [4.69, 9.17) is 53.5 Å². The van der Waals surface area contributed by atoms with Crippen molar-refractivity contribution in [3.05, 3.63) is 149 Å². The number of hydrogen-bond donors (Lipinski definition) is 6. The molecule has 5 heterocycles. The summed E-state index contributed by atoms with van der Waals surface area (Å²) in [4.78, 5) is 2.00. The van der Waals surface area contributed by atoms with Gasteiger partial charge in [0, 0.05) is 34.5 Å². The summed E-state index contributed by atoms with van der Waals surface area (Å²) < 4.78 is 33.7. The quantitative estimate of drug-likeness (QED) is 0.0970. The molecule has 0 saturated heterocycles. The third-order valence-electron chi connectivity index (χ3n) is 8.88. The van der Waals surface area contributed by atoms with Gasteiger partial charge in [0.05, 0.1) is 33.0 Å². The van der Waals surface area contributed by atoms with Crippen LogP contribution in [0.5, 0.6) is 0 Å². The molecule has 10 rings (SSSR count). The highest BCUT2D eigenvalue weighted by atomic mass is 32.2. The summed E-state index contributed by atoms with van der Waals surface area (Å²) in [6.45, 7) is 27.4. The lowest BCUT2D eigenvalue weighted by molar-refractivity contribution is 0.215. The minimum Gasteiger partial charge on any atom is -0.423 e. The summed E-state index contributed by atoms with van der Waals surface area (Å²) in [5, 5.41) is 53.4. The molecule has 14 nitrogen and oxygen atoms in total. The molecule has 20 heteroatoms. The third kappa shape index (κ3) is 37.7. The largest absolute Gasteiger partial charge is 0.491 e. The van der Waals surface area contributed by atoms with Gasteiger partial charge >= 0.3 is 35.6 Å². The molecule has 0 aromatic heterocycles. The second kappa shape index (κ2) is 58.4. The van der Waals surface area contributed by atoms with Crippen molar-refractivity contribution < 1.29 is 63.0 Å². The summed E-state index contributed by atoms with van der Waals surface area (Å²) in [6, 6.07) is 38.4. The van der Waals surface area contributed by atoms with Gasteiger partial charge in [-0.25, -0.2) is 0 Å². The van der Waals surface area contributed by atoms with Crippen LogP contribution in [0.25, 0.3) is 0 Å². The highest BCUT2D eigenvalue weighted by Crippen LogP contribution is 2.11. The van der Waals surface area contributed by atoms with Gasteiger partial charge < -0.3 is 67.9 Å². The van der Waals surface area contributed by atoms with Crippen molar-refractivity contribution in [1.29, 1.82) is 0 Å². The summed E-state index contributed by atoms with van der Waals surface area (Å²) >= 11 is 1.75. The van der Waals surface area contributed by atoms with Crippen LogP contribution in [0, 0.1) is 0 Å². The summed E-state index contributed by atoms with van der Waals surface area (Å²) in [6.07, 6.45) is 4.08. The average molecular weight is 1090 g/mol. The number of benzene rings is 5. The van der Waals surface area contributed by atoms with Gasteiger partial charge in [-0.3, -0.25) is 0 Å². The topological polar surface area (TPSA) is 189 Å². The molecule has 0 unspecified atom stereocenters. The first-order valence-electron chi connectivity index (χ1n) is 26.7. The van der Waals surface area contributed by atoms with Crippen LogP contribution in [-0.4, -0.2) is 139 Å². The Hall–Kier alpha value is -3.79. The minimum atomic E-state index is -0.698. The van der Waals surface area contributed by atoms with Gasteiger partial charge in [-0.05, 0) is 103 Å². The minimum absolute atomic E-state index is 0.250. The van der Waals surface area contributed by atoms with E-state index in [0.29, 0.717) is 33.0 Å². The number of methoxy groups -OCH3 is 2. The molecule has 0 spiro atoms. The van der Waals surface area contributed by atoms with E-state index in [1.165, 1.54) is 0 Å². The van der Waals surface area contributed by atoms with Crippen LogP contribution in [0.4, 0.5) is 0 Å². The Bertz CT molecular complexity index is 1710. The molecule has 0 atom stereocenters. The summed E-state index contributed by atoms with van der Waals surface area (Å²) in [7, 11) is 7.44. The molecule has 432 valence electrons. The summed E-state index contributed by atoms with van der Waals surface area (Å²) in [5.41, 5.74) is 9.99. The van der Waals surface area contributed by atoms with Crippen molar-refractivity contribution in [3.63, 3.8) is 0 Å². The first-order valence-corrected chi connectivity index (χ1v) is 28.3. The molecular weight excluding hydrogens is 993 g/mol. The smallest absolute Gasteiger partial charge is 0.423 e. The normalized spacial score (nSPS) is 12.0. The number of hydrogen-bond acceptors (Lipinski definition) is 15. The lowest BCUT2D eigenvalue weighted by Gasteiger charge is -1.93. The maximum atomic E-state index is 9.16. The van der Waals surface area contributed by atoms with E-state index < -0.39 is 35.6 Å². The molecule has 5 aromatic rings. The van der Waals surface area contributed by atoms with Gasteiger partial charge in [0.2, 0.25) is 0 Å². The molecule has 0 bridgehead atoms. The third-order valence-corrected chi connectivity index (χ3v) is 8.88. The maximum Gasteiger partial charge on any atom is 0.491 e. The van der Waals surface area contributed by atoms with Crippen LogP contribution in [0.2, 0.25) is 0 Å². The Labute approximate surface area is 473 Å². The van der Waals surface area contributed by atoms with Crippen molar-refractivity contribution >= 4 is 74.7 Å². The Morgan fingerprint density at radius 1 is 0.403 bits per heavy atom. The first kappa shape index (κ1) is 82.1. The fourth-order valence-corrected chi connectivity index (χ4v) is 5.83. The number of nitrogens with zero attached hydrogens (tertiary/aromatic N) is 1. The van der Waals surface area contributed by atoms with Crippen molar-refractivity contribution in [1.82, 2.24) is 4.90 Å². The van der Waals surface area contributed by atoms with E-state index >= 15 is 0 Å². The number of aliphatic hydroxyl groups is 1. The average Bonchev–Trinajstić information content (AvgIpc) is 4.33. The van der Waals surface area contributed by atoms with E-state index in [0.717, 1.165) is 61.7 Å². The van der Waals surface area contributed by atoms with Gasteiger partial charge in [0.1, 0.15) is 0 Å². The Kier molecular flexibility index (Phi) is 62.2. The first-order chi connectivity index (χ1) is 37.3. The number of rotatable bonds is 1. The molecule has 5 aliphatic heterocycles. The highest BCUT2D eigenvalue weighted by molar-refractivity contribution is 7.97. The van der Waals surface area contributed by atoms with Crippen molar-refractivity contribution in [3.8, 4) is 0 Å². The standard InChI is InChI=1S/5C7H7BO2.C3H9N.C3H8O.2C2H6O.C2H6S.5C2H6/c5*9-8-7-4-2-1-3-6(7)5-10-8;1-4(2)3;1-3-4-2;1-3-2;1-2-3;1-3-2;5*1-2/h5*1-4,9H,5H2;1-3H3;3H2,1-2H3;1-2H3;3H,2H2,1H3;1-2H3;5*1-2H3. The Morgan fingerprint density at radius 2 is 0.519 bits per heavy atom. The predicted octanol–water partition coefficient (Wildman–Crippen LogP) is 6.72. The van der Waals surface area contributed by atoms with Crippen LogP contribution in [0.15, 0.2) is 121 Å². The molecule has 0 amide bonds. The second-order valence-corrected chi connectivity index (χ2v) is 15.7. The molecule has 6 N–H and O–H groups in total. The van der Waals surface area contributed by atoms with E-state index in [1.54, 1.807) is 40.0 Å². The molecule has 5 aromatic carbocycles. The molecule has 0 radical (unpaired) electrons. The highest BCUT2D eigenvalue weighted by Gasteiger charge is 2.29. The van der Waals surface area contributed by atoms with Gasteiger partial charge in [0.25, 0.3) is 0 Å². The van der Waals surface area contributed by atoms with Gasteiger partial charge in [-0.15, -0.1) is 0 Å². The van der Waals surface area contributed by atoms with Crippen LogP contribution in [-0.2, 0) is 65.8 Å². The van der Waals surface area contributed by atoms with Crippen molar-refractivity contribution in [2.75, 3.05) is 68.2 Å². The number of fused-ring (bicyclic) bond motifs is 5. The number of thioether (sulfide) groups is 1. The van der Waals surface area contributed by atoms with Crippen molar-refractivity contribution in [2.24, 2.45) is 0 Å². The SMILES string of the molecule is CC.CC.CC.CC.CC.CCO.CCOC.CN(C)C.COC.CSC.OB1OCc2ccccc21.OB1OCc2ccccc21.OB1OCc2ccccc21.OB1OCc2ccccc21.OB1OCc2ccccc21. The molecule has 77 heavy (non-hydrogen) atoms. The zero-order chi connectivity index (χ0) is 60.0. The van der Waals surface area contributed by atoms with E-state index in [1.807, 2.05) is 236 Å². The molecule has 5 aliphatic rings. The van der Waals surface area contributed by atoms with Gasteiger partial charge in [-0.1, -0.05) is 191 Å². The molecule has 0 fully saturated rings. The van der Waals surface area contributed by atoms with E-state index in [9.17, 15) is 0 Å². The van der Waals surface area contributed by atoms with Crippen LogP contribution in [0.1, 0.15) is 111 Å². The van der Waals surface area contributed by atoms with Crippen LogP contribution >= 0.6 is 11.8 Å². The Morgan fingerprint density at radius 3 is 0.623 bits per heavy atom. The fourth-order valence-electron chi connectivity index (χ4n) is 5.83. The second-order valence-electron chi connectivity index (χ2n) is 14.9. The van der Waals surface area contributed by atoms with Crippen molar-refractivity contribution in [2.45, 2.75) is 116 Å². The summed E-state index contributed by atoms with van der Waals surface area (Å²) in [5.74, 6) is 0. The van der Waals surface area contributed by atoms with Gasteiger partial charge in [0.15, 0.2) is 0 Å². The zero-order valence-corrected chi connectivity index (χ0v) is 51.6. The number of ether oxygens (including phenoxy) is 2. The number of aliphatic hydroxyl groups excluding tert-OH is 1. The molecule has 0 aliphatic carbocycles. The van der Waals surface area contributed by atoms with E-state index in [2.05, 4.69) is 9.47 Å². The maximum absolute atomic E-state index is 9.16. The van der Waals surface area contributed by atoms with Crippen LogP contribution in [0.3, 0.4) is 0 Å². The molecule has 0 saturated carbocycles. The van der Waals surface area contributed by atoms with E-state index in [-0.39, 0.29) is 6.61 Å². The zero-order valence-electron chi connectivity index (χ0n) is 50.8. The van der Waals surface area contributed by atoms with Crippen LogP contribution < -0.4 is 27.3 Å².